The molecule has 2 aromatic rings. The minimum Gasteiger partial charge on any atom is -0.457 e. The molecule has 0 saturated carbocycles. The fourth-order valence-corrected chi connectivity index (χ4v) is 2.65. The third kappa shape index (κ3) is 4.45. The molecule has 2 rings (SSSR count). The van der Waals surface area contributed by atoms with E-state index in [2.05, 4.69) is 13.8 Å². The van der Waals surface area contributed by atoms with Gasteiger partial charge in [-0.15, -0.1) is 0 Å². The van der Waals surface area contributed by atoms with Crippen LogP contribution in [0.15, 0.2) is 54.6 Å². The zero-order valence-corrected chi connectivity index (χ0v) is 13.4. The molecule has 0 atom stereocenters. The van der Waals surface area contributed by atoms with E-state index in [0.717, 1.165) is 42.7 Å². The first kappa shape index (κ1) is 16.3. The summed E-state index contributed by atoms with van der Waals surface area (Å²) < 4.78 is 5.76. The molecule has 22 heavy (non-hydrogen) atoms. The summed E-state index contributed by atoms with van der Waals surface area (Å²) in [5.74, 6) is 1.97. The van der Waals surface area contributed by atoms with Crippen LogP contribution in [0, 0.1) is 5.92 Å². The van der Waals surface area contributed by atoms with Crippen molar-refractivity contribution < 1.29 is 9.53 Å². The average Bonchev–Trinajstić information content (AvgIpc) is 2.56. The normalized spacial score (nSPS) is 10.7. The largest absolute Gasteiger partial charge is 0.457 e. The molecule has 0 aliphatic rings. The van der Waals surface area contributed by atoms with Crippen LogP contribution < -0.4 is 4.74 Å². The van der Waals surface area contributed by atoms with E-state index in [1.807, 2.05) is 54.6 Å². The van der Waals surface area contributed by atoms with Gasteiger partial charge in [0.1, 0.15) is 11.5 Å². The summed E-state index contributed by atoms with van der Waals surface area (Å²) >= 11 is 0. The molecule has 0 unspecified atom stereocenters. The molecule has 116 valence electrons. The van der Waals surface area contributed by atoms with E-state index in [1.54, 1.807) is 0 Å². The number of hydrogen-bond donors (Lipinski definition) is 0. The van der Waals surface area contributed by atoms with Crippen molar-refractivity contribution >= 4 is 5.78 Å². The van der Waals surface area contributed by atoms with E-state index in [9.17, 15) is 4.79 Å². The summed E-state index contributed by atoms with van der Waals surface area (Å²) in [5, 5.41) is 0. The zero-order chi connectivity index (χ0) is 15.8. The molecule has 0 radical (unpaired) electrons. The van der Waals surface area contributed by atoms with Gasteiger partial charge in [-0.05, 0) is 49.2 Å². The molecule has 0 saturated heterocycles. The van der Waals surface area contributed by atoms with Crippen LogP contribution in [-0.2, 0) is 0 Å². The number of ether oxygens (including phenoxy) is 1. The lowest BCUT2D eigenvalue weighted by molar-refractivity contribution is 0.0905. The summed E-state index contributed by atoms with van der Waals surface area (Å²) in [6, 6.07) is 17.1. The van der Waals surface area contributed by atoms with Crippen molar-refractivity contribution in [3.8, 4) is 11.5 Å². The van der Waals surface area contributed by atoms with Crippen molar-refractivity contribution in [3.05, 3.63) is 60.2 Å². The van der Waals surface area contributed by atoms with Gasteiger partial charge >= 0.3 is 0 Å². The van der Waals surface area contributed by atoms with E-state index in [0.29, 0.717) is 0 Å². The number of carbonyl (C=O) groups is 1. The summed E-state index contributed by atoms with van der Waals surface area (Å²) in [5.41, 5.74) is 0.785. The Kier molecular flexibility index (Phi) is 6.20. The number of hydrogen-bond acceptors (Lipinski definition) is 2. The van der Waals surface area contributed by atoms with Crippen LogP contribution >= 0.6 is 0 Å². The topological polar surface area (TPSA) is 26.3 Å². The SMILES string of the molecule is CCCC(CCC)C(=O)c1ccc(Oc2ccccc2)cc1. The maximum absolute atomic E-state index is 12.6. The first-order valence-corrected chi connectivity index (χ1v) is 8.11. The lowest BCUT2D eigenvalue weighted by atomic mass is 9.90. The Morgan fingerprint density at radius 1 is 0.864 bits per heavy atom. The molecule has 2 aromatic carbocycles. The van der Waals surface area contributed by atoms with Gasteiger partial charge in [-0.1, -0.05) is 44.9 Å². The Bertz CT molecular complexity index is 566. The van der Waals surface area contributed by atoms with Crippen molar-refractivity contribution in [3.63, 3.8) is 0 Å². The minimum atomic E-state index is 0.149. The Morgan fingerprint density at radius 3 is 1.95 bits per heavy atom. The second kappa shape index (κ2) is 8.38. The molecular formula is C20H24O2. The van der Waals surface area contributed by atoms with Crippen LogP contribution in [-0.4, -0.2) is 5.78 Å². The molecule has 0 aliphatic heterocycles. The second-order valence-corrected chi connectivity index (χ2v) is 5.58. The Balaban J connectivity index is 2.05. The number of carbonyl (C=O) groups excluding carboxylic acids is 1. The molecule has 0 spiro atoms. The molecule has 0 fully saturated rings. The standard InChI is InChI=1S/C20H24O2/c1-3-8-16(9-4-2)20(21)17-12-14-19(15-13-17)22-18-10-6-5-7-11-18/h5-7,10-16H,3-4,8-9H2,1-2H3. The van der Waals surface area contributed by atoms with E-state index >= 15 is 0 Å². The first-order valence-electron chi connectivity index (χ1n) is 8.11. The molecule has 2 nitrogen and oxygen atoms in total. The maximum atomic E-state index is 12.6. The van der Waals surface area contributed by atoms with E-state index in [-0.39, 0.29) is 11.7 Å². The van der Waals surface area contributed by atoms with Gasteiger partial charge in [0.2, 0.25) is 0 Å². The van der Waals surface area contributed by atoms with E-state index < -0.39 is 0 Å². The molecule has 0 bridgehead atoms. The lowest BCUT2D eigenvalue weighted by Gasteiger charge is -2.14. The molecule has 2 heteroatoms. The van der Waals surface area contributed by atoms with E-state index in [1.165, 1.54) is 0 Å². The van der Waals surface area contributed by atoms with Gasteiger partial charge in [-0.25, -0.2) is 0 Å². The van der Waals surface area contributed by atoms with Crippen LogP contribution in [0.2, 0.25) is 0 Å². The van der Waals surface area contributed by atoms with Gasteiger partial charge in [-0.2, -0.15) is 0 Å². The highest BCUT2D eigenvalue weighted by Gasteiger charge is 2.18. The highest BCUT2D eigenvalue weighted by Crippen LogP contribution is 2.24. The molecule has 0 heterocycles. The number of rotatable bonds is 8. The Hall–Kier alpha value is -2.09. The van der Waals surface area contributed by atoms with Crippen molar-refractivity contribution in [2.24, 2.45) is 5.92 Å². The Morgan fingerprint density at radius 2 is 1.41 bits per heavy atom. The Labute approximate surface area is 133 Å². The van der Waals surface area contributed by atoms with Crippen LogP contribution in [0.25, 0.3) is 0 Å². The van der Waals surface area contributed by atoms with Gasteiger partial charge in [0.15, 0.2) is 5.78 Å². The lowest BCUT2D eigenvalue weighted by Crippen LogP contribution is -2.14. The monoisotopic (exact) mass is 296 g/mol. The quantitative estimate of drug-likeness (QED) is 0.569. The highest BCUT2D eigenvalue weighted by molar-refractivity contribution is 5.97. The molecular weight excluding hydrogens is 272 g/mol. The van der Waals surface area contributed by atoms with Gasteiger partial charge in [0, 0.05) is 11.5 Å². The highest BCUT2D eigenvalue weighted by atomic mass is 16.5. The van der Waals surface area contributed by atoms with Crippen molar-refractivity contribution in [2.45, 2.75) is 39.5 Å². The van der Waals surface area contributed by atoms with Gasteiger partial charge < -0.3 is 4.74 Å². The first-order chi connectivity index (χ1) is 10.7. The van der Waals surface area contributed by atoms with Crippen molar-refractivity contribution in [1.29, 1.82) is 0 Å². The summed E-state index contributed by atoms with van der Waals surface area (Å²) in [6.07, 6.45) is 4.03. The molecule has 0 aromatic heterocycles. The summed E-state index contributed by atoms with van der Waals surface area (Å²) in [6.45, 7) is 4.26. The summed E-state index contributed by atoms with van der Waals surface area (Å²) in [4.78, 5) is 12.6. The van der Waals surface area contributed by atoms with Crippen LogP contribution in [0.3, 0.4) is 0 Å². The number of para-hydroxylation sites is 1. The number of ketones is 1. The zero-order valence-electron chi connectivity index (χ0n) is 13.4. The summed E-state index contributed by atoms with van der Waals surface area (Å²) in [7, 11) is 0. The third-order valence-electron chi connectivity index (χ3n) is 3.76. The third-order valence-corrected chi connectivity index (χ3v) is 3.76. The molecule has 0 amide bonds. The molecule has 0 N–H and O–H groups in total. The minimum absolute atomic E-state index is 0.149. The fourth-order valence-electron chi connectivity index (χ4n) is 2.65. The van der Waals surface area contributed by atoms with Crippen LogP contribution in [0.1, 0.15) is 49.9 Å². The van der Waals surface area contributed by atoms with Crippen molar-refractivity contribution in [2.75, 3.05) is 0 Å². The van der Waals surface area contributed by atoms with Gasteiger partial charge in [0.05, 0.1) is 0 Å². The van der Waals surface area contributed by atoms with Crippen LogP contribution in [0.5, 0.6) is 11.5 Å². The van der Waals surface area contributed by atoms with E-state index in [4.69, 9.17) is 4.74 Å². The predicted octanol–water partition coefficient (Wildman–Crippen LogP) is 5.88. The number of benzene rings is 2. The smallest absolute Gasteiger partial charge is 0.165 e. The van der Waals surface area contributed by atoms with Crippen molar-refractivity contribution in [1.82, 2.24) is 0 Å². The van der Waals surface area contributed by atoms with Gasteiger partial charge in [0.25, 0.3) is 0 Å². The average molecular weight is 296 g/mol. The predicted molar refractivity (Wildman–Crippen MR) is 90.6 cm³/mol. The second-order valence-electron chi connectivity index (χ2n) is 5.58. The fraction of sp³-hybridized carbons (Fsp3) is 0.350. The van der Waals surface area contributed by atoms with Crippen LogP contribution in [0.4, 0.5) is 0 Å². The van der Waals surface area contributed by atoms with Gasteiger partial charge in [-0.3, -0.25) is 4.79 Å². The maximum Gasteiger partial charge on any atom is 0.165 e. The molecule has 0 aliphatic carbocycles. The number of Topliss-reactive ketones (excluding diaryl/α,β-unsaturated/α-hetero) is 1.